The van der Waals surface area contributed by atoms with E-state index in [1.54, 1.807) is 32.5 Å². The first kappa shape index (κ1) is 13.9. The van der Waals surface area contributed by atoms with Crippen LogP contribution in [0.15, 0.2) is 23.1 Å². The lowest BCUT2D eigenvalue weighted by Crippen LogP contribution is -1.99. The molecule has 0 radical (unpaired) electrons. The SMILES string of the molecule is COc1cc(-c2cnc3[nH]c(=O)[nH]c3n2)cc(OC)c1OC. The van der Waals surface area contributed by atoms with Gasteiger partial charge in [-0.2, -0.15) is 0 Å². The van der Waals surface area contributed by atoms with Gasteiger partial charge in [0.15, 0.2) is 22.8 Å². The van der Waals surface area contributed by atoms with E-state index in [0.717, 1.165) is 5.56 Å². The number of aromatic amines is 2. The fraction of sp³-hybridized carbons (Fsp3) is 0.214. The van der Waals surface area contributed by atoms with Gasteiger partial charge in [-0.05, 0) is 12.1 Å². The lowest BCUT2D eigenvalue weighted by Gasteiger charge is -2.13. The summed E-state index contributed by atoms with van der Waals surface area (Å²) in [5.41, 5.74) is 1.74. The summed E-state index contributed by atoms with van der Waals surface area (Å²) in [7, 11) is 4.62. The number of methoxy groups -OCH3 is 3. The van der Waals surface area contributed by atoms with Crippen molar-refractivity contribution in [2.24, 2.45) is 0 Å². The van der Waals surface area contributed by atoms with Crippen molar-refractivity contribution in [3.05, 3.63) is 28.8 Å². The van der Waals surface area contributed by atoms with Crippen LogP contribution < -0.4 is 19.9 Å². The zero-order chi connectivity index (χ0) is 15.7. The summed E-state index contributed by atoms with van der Waals surface area (Å²) in [6, 6.07) is 3.53. The average molecular weight is 302 g/mol. The number of hydrogen-bond donors (Lipinski definition) is 2. The molecule has 22 heavy (non-hydrogen) atoms. The van der Waals surface area contributed by atoms with Gasteiger partial charge >= 0.3 is 5.69 Å². The van der Waals surface area contributed by atoms with E-state index in [2.05, 4.69) is 19.9 Å². The Morgan fingerprint density at radius 3 is 2.18 bits per heavy atom. The van der Waals surface area contributed by atoms with Gasteiger partial charge in [0.2, 0.25) is 5.75 Å². The molecule has 0 saturated heterocycles. The molecule has 0 aliphatic rings. The van der Waals surface area contributed by atoms with Crippen LogP contribution in [0, 0.1) is 0 Å². The van der Waals surface area contributed by atoms with Gasteiger partial charge in [0.05, 0.1) is 33.2 Å². The van der Waals surface area contributed by atoms with Crippen LogP contribution in [-0.2, 0) is 0 Å². The monoisotopic (exact) mass is 302 g/mol. The molecule has 3 rings (SSSR count). The average Bonchev–Trinajstić information content (AvgIpc) is 2.92. The van der Waals surface area contributed by atoms with Crippen LogP contribution >= 0.6 is 0 Å². The van der Waals surface area contributed by atoms with Crippen LogP contribution in [0.5, 0.6) is 17.2 Å². The van der Waals surface area contributed by atoms with E-state index in [0.29, 0.717) is 34.2 Å². The van der Waals surface area contributed by atoms with Gasteiger partial charge in [-0.15, -0.1) is 0 Å². The molecule has 8 nitrogen and oxygen atoms in total. The standard InChI is InChI=1S/C14H14N4O4/c1-20-9-4-7(5-10(21-2)11(9)22-3)8-6-15-12-13(16-8)18-14(19)17-12/h4-6H,1-3H3,(H2,15,16,17,18,19). The molecule has 0 atom stereocenters. The minimum absolute atomic E-state index is 0.350. The van der Waals surface area contributed by atoms with Crippen LogP contribution in [0.2, 0.25) is 0 Å². The van der Waals surface area contributed by atoms with Crippen molar-refractivity contribution < 1.29 is 14.2 Å². The third kappa shape index (κ3) is 2.24. The predicted octanol–water partition coefficient (Wildman–Crippen LogP) is 1.34. The molecule has 0 aliphatic heterocycles. The van der Waals surface area contributed by atoms with Crippen molar-refractivity contribution in [1.82, 2.24) is 19.9 Å². The number of H-pyrrole nitrogens is 2. The lowest BCUT2D eigenvalue weighted by molar-refractivity contribution is 0.324. The molecule has 8 heteroatoms. The summed E-state index contributed by atoms with van der Waals surface area (Å²) >= 11 is 0. The number of nitrogens with zero attached hydrogens (tertiary/aromatic N) is 2. The summed E-state index contributed by atoms with van der Waals surface area (Å²) < 4.78 is 15.9. The minimum atomic E-state index is -0.350. The Kier molecular flexibility index (Phi) is 3.42. The number of ether oxygens (including phenoxy) is 3. The zero-order valence-electron chi connectivity index (χ0n) is 12.3. The van der Waals surface area contributed by atoms with Crippen molar-refractivity contribution >= 4 is 11.3 Å². The van der Waals surface area contributed by atoms with Crippen molar-refractivity contribution in [2.45, 2.75) is 0 Å². The largest absolute Gasteiger partial charge is 0.493 e. The first-order valence-electron chi connectivity index (χ1n) is 6.41. The number of aromatic nitrogens is 4. The Bertz CT molecular complexity index is 859. The highest BCUT2D eigenvalue weighted by Crippen LogP contribution is 2.40. The molecule has 0 spiro atoms. The maximum absolute atomic E-state index is 11.3. The third-order valence-corrected chi connectivity index (χ3v) is 3.20. The molecule has 2 heterocycles. The van der Waals surface area contributed by atoms with E-state index in [1.807, 2.05) is 0 Å². The van der Waals surface area contributed by atoms with Crippen LogP contribution in [0.1, 0.15) is 0 Å². The molecule has 114 valence electrons. The molecule has 0 bridgehead atoms. The fourth-order valence-electron chi connectivity index (χ4n) is 2.18. The Hall–Kier alpha value is -3.03. The number of benzene rings is 1. The van der Waals surface area contributed by atoms with Crippen molar-refractivity contribution in [3.63, 3.8) is 0 Å². The number of rotatable bonds is 4. The van der Waals surface area contributed by atoms with Crippen molar-refractivity contribution in [1.29, 1.82) is 0 Å². The third-order valence-electron chi connectivity index (χ3n) is 3.20. The van der Waals surface area contributed by atoms with Crippen molar-refractivity contribution in [3.8, 4) is 28.5 Å². The van der Waals surface area contributed by atoms with Gasteiger partial charge in [-0.3, -0.25) is 9.97 Å². The fourth-order valence-corrected chi connectivity index (χ4v) is 2.18. The highest BCUT2D eigenvalue weighted by Gasteiger charge is 2.15. The highest BCUT2D eigenvalue weighted by molar-refractivity contribution is 5.73. The van der Waals surface area contributed by atoms with Gasteiger partial charge in [0.25, 0.3) is 0 Å². The summed E-state index contributed by atoms with van der Waals surface area (Å²) in [6.45, 7) is 0. The van der Waals surface area contributed by atoms with E-state index in [9.17, 15) is 4.79 Å². The first-order chi connectivity index (χ1) is 10.7. The normalized spacial score (nSPS) is 10.7. The summed E-state index contributed by atoms with van der Waals surface area (Å²) in [6.07, 6.45) is 1.56. The molecule has 0 saturated carbocycles. The second-order valence-corrected chi connectivity index (χ2v) is 4.45. The molecule has 0 amide bonds. The molecule has 2 aromatic heterocycles. The maximum atomic E-state index is 11.3. The van der Waals surface area contributed by atoms with Gasteiger partial charge in [0.1, 0.15) is 0 Å². The van der Waals surface area contributed by atoms with Crippen molar-refractivity contribution in [2.75, 3.05) is 21.3 Å². The number of nitrogens with one attached hydrogen (secondary N) is 2. The molecule has 2 N–H and O–H groups in total. The zero-order valence-corrected chi connectivity index (χ0v) is 12.3. The van der Waals surface area contributed by atoms with E-state index in [1.165, 1.54) is 7.11 Å². The van der Waals surface area contributed by atoms with E-state index >= 15 is 0 Å². The van der Waals surface area contributed by atoms with Gasteiger partial charge in [0, 0.05) is 5.56 Å². The number of imidazole rings is 1. The molecular weight excluding hydrogens is 288 g/mol. The lowest BCUT2D eigenvalue weighted by atomic mass is 10.1. The summed E-state index contributed by atoms with van der Waals surface area (Å²) in [5, 5.41) is 0. The predicted molar refractivity (Wildman–Crippen MR) is 79.6 cm³/mol. The molecule has 0 aliphatic carbocycles. The topological polar surface area (TPSA) is 102 Å². The van der Waals surface area contributed by atoms with E-state index in [4.69, 9.17) is 14.2 Å². The van der Waals surface area contributed by atoms with Crippen LogP contribution in [0.3, 0.4) is 0 Å². The van der Waals surface area contributed by atoms with Crippen LogP contribution in [0.4, 0.5) is 0 Å². The second-order valence-electron chi connectivity index (χ2n) is 4.45. The van der Waals surface area contributed by atoms with Gasteiger partial charge in [-0.1, -0.05) is 0 Å². The quantitative estimate of drug-likeness (QED) is 0.754. The van der Waals surface area contributed by atoms with E-state index in [-0.39, 0.29) is 5.69 Å². The van der Waals surface area contributed by atoms with Gasteiger partial charge in [-0.25, -0.2) is 14.8 Å². The Labute approximate surface area is 125 Å². The molecule has 3 aromatic rings. The second kappa shape index (κ2) is 5.40. The molecule has 0 fully saturated rings. The summed E-state index contributed by atoms with van der Waals surface area (Å²) in [4.78, 5) is 24.9. The first-order valence-corrected chi connectivity index (χ1v) is 6.41. The number of hydrogen-bond acceptors (Lipinski definition) is 6. The Morgan fingerprint density at radius 2 is 1.59 bits per heavy atom. The minimum Gasteiger partial charge on any atom is -0.493 e. The van der Waals surface area contributed by atoms with E-state index < -0.39 is 0 Å². The van der Waals surface area contributed by atoms with Crippen LogP contribution in [0.25, 0.3) is 22.6 Å². The molecule has 1 aromatic carbocycles. The Balaban J connectivity index is 2.18. The Morgan fingerprint density at radius 1 is 0.955 bits per heavy atom. The van der Waals surface area contributed by atoms with Crippen LogP contribution in [-0.4, -0.2) is 41.3 Å². The highest BCUT2D eigenvalue weighted by atomic mass is 16.5. The molecular formula is C14H14N4O4. The summed E-state index contributed by atoms with van der Waals surface area (Å²) in [5.74, 6) is 1.53. The molecule has 0 unspecified atom stereocenters. The smallest absolute Gasteiger partial charge is 0.326 e. The number of fused-ring (bicyclic) bond motifs is 1. The van der Waals surface area contributed by atoms with Gasteiger partial charge < -0.3 is 14.2 Å². The maximum Gasteiger partial charge on any atom is 0.326 e.